The van der Waals surface area contributed by atoms with Gasteiger partial charge in [0.15, 0.2) is 0 Å². The fraction of sp³-hybridized carbons (Fsp3) is 0.312. The number of thiazole rings is 1. The predicted molar refractivity (Wildman–Crippen MR) is 90.9 cm³/mol. The summed E-state index contributed by atoms with van der Waals surface area (Å²) in [6.45, 7) is 4.44. The Labute approximate surface area is 137 Å². The van der Waals surface area contributed by atoms with Crippen molar-refractivity contribution in [3.63, 3.8) is 0 Å². The first kappa shape index (κ1) is 15.5. The van der Waals surface area contributed by atoms with Gasteiger partial charge in [0, 0.05) is 17.8 Å². The van der Waals surface area contributed by atoms with Crippen LogP contribution in [0.25, 0.3) is 10.2 Å². The van der Waals surface area contributed by atoms with E-state index in [2.05, 4.69) is 20.8 Å². The van der Waals surface area contributed by atoms with Gasteiger partial charge in [-0.3, -0.25) is 0 Å². The molecule has 0 aliphatic rings. The lowest BCUT2D eigenvalue weighted by Crippen LogP contribution is -2.29. The lowest BCUT2D eigenvalue weighted by Gasteiger charge is -2.07. The van der Waals surface area contributed by atoms with E-state index in [0.717, 1.165) is 45.8 Å². The summed E-state index contributed by atoms with van der Waals surface area (Å²) in [6, 6.07) is 5.48. The summed E-state index contributed by atoms with van der Waals surface area (Å²) in [5.74, 6) is 0.852. The molecule has 23 heavy (non-hydrogen) atoms. The molecule has 0 bridgehead atoms. The van der Waals surface area contributed by atoms with Crippen molar-refractivity contribution in [2.24, 2.45) is 0 Å². The highest BCUT2D eigenvalue weighted by Crippen LogP contribution is 2.21. The van der Waals surface area contributed by atoms with Gasteiger partial charge in [-0.2, -0.15) is 0 Å². The number of fused-ring (bicyclic) bond motifs is 1. The van der Waals surface area contributed by atoms with Crippen LogP contribution in [0.5, 0.6) is 0 Å². The molecule has 0 saturated carbocycles. The molecule has 0 aliphatic heterocycles. The number of hydrogen-bond donors (Lipinski definition) is 2. The number of aromatic nitrogens is 2. The molecule has 0 saturated heterocycles. The number of aryl methyl sites for hydroxylation is 2. The van der Waals surface area contributed by atoms with Crippen molar-refractivity contribution in [2.75, 3.05) is 11.9 Å². The first-order valence-electron chi connectivity index (χ1n) is 7.43. The molecular weight excluding hydrogens is 312 g/mol. The fourth-order valence-electron chi connectivity index (χ4n) is 2.43. The maximum absolute atomic E-state index is 11.9. The van der Waals surface area contributed by atoms with Crippen molar-refractivity contribution >= 4 is 33.3 Å². The van der Waals surface area contributed by atoms with Crippen molar-refractivity contribution in [1.82, 2.24) is 15.5 Å². The Kier molecular flexibility index (Phi) is 4.57. The van der Waals surface area contributed by atoms with E-state index in [-0.39, 0.29) is 6.03 Å². The van der Waals surface area contributed by atoms with Gasteiger partial charge in [-0.1, -0.05) is 5.16 Å². The van der Waals surface area contributed by atoms with Crippen LogP contribution in [0, 0.1) is 13.8 Å². The smallest absolute Gasteiger partial charge is 0.319 e. The summed E-state index contributed by atoms with van der Waals surface area (Å²) in [6.07, 6.45) is 1.68. The van der Waals surface area contributed by atoms with Gasteiger partial charge in [-0.05, 0) is 44.9 Å². The topological polar surface area (TPSA) is 80.0 Å². The summed E-state index contributed by atoms with van der Waals surface area (Å²) >= 11 is 1.55. The van der Waals surface area contributed by atoms with Gasteiger partial charge in [0.05, 0.1) is 21.4 Å². The van der Waals surface area contributed by atoms with Crippen molar-refractivity contribution in [1.29, 1.82) is 0 Å². The second kappa shape index (κ2) is 6.78. The summed E-state index contributed by atoms with van der Waals surface area (Å²) in [4.78, 5) is 16.1. The minimum absolute atomic E-state index is 0.201. The molecule has 0 spiro atoms. The maximum Gasteiger partial charge on any atom is 0.319 e. The van der Waals surface area contributed by atoms with Crippen LogP contribution in [0.3, 0.4) is 0 Å². The fourth-order valence-corrected chi connectivity index (χ4v) is 3.15. The standard InChI is InChI=1S/C16H18N4O2S/c1-10-13(11(2)22-20-10)4-3-7-17-16(21)19-12-5-6-14-15(8-12)23-9-18-14/h5-6,8-9H,3-4,7H2,1-2H3,(H2,17,19,21). The van der Waals surface area contributed by atoms with Gasteiger partial charge in [-0.15, -0.1) is 11.3 Å². The number of rotatable bonds is 5. The van der Waals surface area contributed by atoms with Crippen LogP contribution in [0.15, 0.2) is 28.2 Å². The Morgan fingerprint density at radius 3 is 3.00 bits per heavy atom. The van der Waals surface area contributed by atoms with Gasteiger partial charge < -0.3 is 15.2 Å². The number of carbonyl (C=O) groups excluding carboxylic acids is 1. The van der Waals surface area contributed by atoms with Crippen LogP contribution < -0.4 is 10.6 Å². The Balaban J connectivity index is 1.46. The SMILES string of the molecule is Cc1noc(C)c1CCCNC(=O)Nc1ccc2ncsc2c1. The van der Waals surface area contributed by atoms with Gasteiger partial charge in [0.25, 0.3) is 0 Å². The molecule has 1 aromatic carbocycles. The second-order valence-corrected chi connectivity index (χ2v) is 6.21. The highest BCUT2D eigenvalue weighted by atomic mass is 32.1. The van der Waals surface area contributed by atoms with Gasteiger partial charge in [0.2, 0.25) is 0 Å². The largest absolute Gasteiger partial charge is 0.361 e. The zero-order valence-electron chi connectivity index (χ0n) is 13.0. The van der Waals surface area contributed by atoms with Gasteiger partial charge in [-0.25, -0.2) is 9.78 Å². The van der Waals surface area contributed by atoms with E-state index in [1.54, 1.807) is 16.8 Å². The number of nitrogens with zero attached hydrogens (tertiary/aromatic N) is 2. The number of carbonyl (C=O) groups is 1. The van der Waals surface area contributed by atoms with Crippen molar-refractivity contribution < 1.29 is 9.32 Å². The average molecular weight is 330 g/mol. The highest BCUT2D eigenvalue weighted by molar-refractivity contribution is 7.16. The van der Waals surface area contributed by atoms with Crippen molar-refractivity contribution in [2.45, 2.75) is 26.7 Å². The lowest BCUT2D eigenvalue weighted by atomic mass is 10.1. The summed E-state index contributed by atoms with van der Waals surface area (Å²) in [5, 5.41) is 9.63. The van der Waals surface area contributed by atoms with Crippen LogP contribution in [-0.4, -0.2) is 22.7 Å². The second-order valence-electron chi connectivity index (χ2n) is 5.32. The van der Waals surface area contributed by atoms with E-state index in [4.69, 9.17) is 4.52 Å². The minimum Gasteiger partial charge on any atom is -0.361 e. The van der Waals surface area contributed by atoms with Crippen LogP contribution in [-0.2, 0) is 6.42 Å². The Bertz CT molecular complexity index is 805. The number of amides is 2. The molecule has 0 aliphatic carbocycles. The zero-order chi connectivity index (χ0) is 16.2. The molecule has 2 heterocycles. The Morgan fingerprint density at radius 1 is 1.35 bits per heavy atom. The average Bonchev–Trinajstić information content (AvgIpc) is 3.11. The molecule has 0 fully saturated rings. The normalized spacial score (nSPS) is 10.9. The predicted octanol–water partition coefficient (Wildman–Crippen LogP) is 3.66. The van der Waals surface area contributed by atoms with E-state index >= 15 is 0 Å². The molecule has 3 rings (SSSR count). The van der Waals surface area contributed by atoms with E-state index in [0.29, 0.717) is 6.54 Å². The van der Waals surface area contributed by atoms with E-state index in [1.807, 2.05) is 32.0 Å². The monoisotopic (exact) mass is 330 g/mol. The van der Waals surface area contributed by atoms with Gasteiger partial charge >= 0.3 is 6.03 Å². The highest BCUT2D eigenvalue weighted by Gasteiger charge is 2.08. The van der Waals surface area contributed by atoms with Crippen molar-refractivity contribution in [3.05, 3.63) is 40.7 Å². The quantitative estimate of drug-likeness (QED) is 0.700. The summed E-state index contributed by atoms with van der Waals surface area (Å²) in [5.41, 5.74) is 5.56. The first-order chi connectivity index (χ1) is 11.1. The molecule has 120 valence electrons. The van der Waals surface area contributed by atoms with E-state index in [9.17, 15) is 4.79 Å². The molecular formula is C16H18N4O2S. The van der Waals surface area contributed by atoms with E-state index in [1.165, 1.54) is 0 Å². The molecule has 2 aromatic heterocycles. The molecule has 6 nitrogen and oxygen atoms in total. The molecule has 0 atom stereocenters. The number of nitrogens with one attached hydrogen (secondary N) is 2. The van der Waals surface area contributed by atoms with E-state index < -0.39 is 0 Å². The molecule has 2 amide bonds. The molecule has 0 radical (unpaired) electrons. The molecule has 3 aromatic rings. The summed E-state index contributed by atoms with van der Waals surface area (Å²) in [7, 11) is 0. The number of hydrogen-bond acceptors (Lipinski definition) is 5. The number of anilines is 1. The number of benzene rings is 1. The number of urea groups is 1. The van der Waals surface area contributed by atoms with Crippen LogP contribution in [0.1, 0.15) is 23.4 Å². The maximum atomic E-state index is 11.9. The van der Waals surface area contributed by atoms with Crippen LogP contribution >= 0.6 is 11.3 Å². The van der Waals surface area contributed by atoms with Crippen LogP contribution in [0.4, 0.5) is 10.5 Å². The van der Waals surface area contributed by atoms with Crippen molar-refractivity contribution in [3.8, 4) is 0 Å². The Hall–Kier alpha value is -2.41. The zero-order valence-corrected chi connectivity index (χ0v) is 13.9. The Morgan fingerprint density at radius 2 is 2.22 bits per heavy atom. The molecule has 2 N–H and O–H groups in total. The minimum atomic E-state index is -0.201. The van der Waals surface area contributed by atoms with Crippen LogP contribution in [0.2, 0.25) is 0 Å². The third-order valence-electron chi connectivity index (χ3n) is 3.66. The van der Waals surface area contributed by atoms with Gasteiger partial charge in [0.1, 0.15) is 5.76 Å². The summed E-state index contributed by atoms with van der Waals surface area (Å²) < 4.78 is 6.18. The first-order valence-corrected chi connectivity index (χ1v) is 8.31. The molecule has 7 heteroatoms. The molecule has 0 unspecified atom stereocenters. The lowest BCUT2D eigenvalue weighted by molar-refractivity contribution is 0.252. The third-order valence-corrected chi connectivity index (χ3v) is 4.45. The third kappa shape index (κ3) is 3.68.